The Labute approximate surface area is 118 Å². The second-order valence-electron chi connectivity index (χ2n) is 4.12. The van der Waals surface area contributed by atoms with Crippen LogP contribution >= 0.6 is 11.3 Å². The summed E-state index contributed by atoms with van der Waals surface area (Å²) in [5.74, 6) is -0.183. The monoisotopic (exact) mass is 283 g/mol. The Morgan fingerprint density at radius 2 is 2.25 bits per heavy atom. The molecule has 5 nitrogen and oxygen atoms in total. The molecular weight excluding hydrogens is 274 g/mol. The molecule has 0 aliphatic carbocycles. The summed E-state index contributed by atoms with van der Waals surface area (Å²) < 4.78 is 6.39. The van der Waals surface area contributed by atoms with Crippen molar-refractivity contribution >= 4 is 11.3 Å². The van der Waals surface area contributed by atoms with Crippen molar-refractivity contribution in [1.29, 1.82) is 5.26 Å². The van der Waals surface area contributed by atoms with E-state index in [1.54, 1.807) is 18.2 Å². The molecule has 0 radical (unpaired) electrons. The lowest BCUT2D eigenvalue weighted by atomic mass is 10.1. The van der Waals surface area contributed by atoms with Gasteiger partial charge in [0.25, 0.3) is 5.89 Å². The van der Waals surface area contributed by atoms with Gasteiger partial charge in [-0.1, -0.05) is 18.2 Å². The van der Waals surface area contributed by atoms with E-state index in [1.807, 2.05) is 23.6 Å². The van der Waals surface area contributed by atoms with E-state index in [2.05, 4.69) is 11.2 Å². The molecule has 0 unspecified atom stereocenters. The zero-order valence-electron chi connectivity index (χ0n) is 10.3. The van der Waals surface area contributed by atoms with Crippen molar-refractivity contribution in [3.8, 4) is 16.8 Å². The molecule has 2 aromatic heterocycles. The summed E-state index contributed by atoms with van der Waals surface area (Å²) in [7, 11) is 0. The lowest BCUT2D eigenvalue weighted by Crippen LogP contribution is -2.16. The first-order valence-corrected chi connectivity index (χ1v) is 6.75. The Morgan fingerprint density at radius 3 is 3.00 bits per heavy atom. The molecule has 6 heteroatoms. The molecule has 3 rings (SSSR count). The summed E-state index contributed by atoms with van der Waals surface area (Å²) in [5.41, 5.74) is 1.38. The summed E-state index contributed by atoms with van der Waals surface area (Å²) in [6.45, 7) is 0.281. The van der Waals surface area contributed by atoms with E-state index < -0.39 is 5.76 Å². The number of hydrogen-bond donors (Lipinski definition) is 0. The Kier molecular flexibility index (Phi) is 3.19. The maximum absolute atomic E-state index is 11.8. The van der Waals surface area contributed by atoms with Gasteiger partial charge in [0, 0.05) is 0 Å². The van der Waals surface area contributed by atoms with E-state index in [0.717, 1.165) is 10.4 Å². The summed E-state index contributed by atoms with van der Waals surface area (Å²) in [5, 5.41) is 14.9. The fraction of sp³-hybridized carbons (Fsp3) is 0.0714. The van der Waals surface area contributed by atoms with E-state index in [9.17, 15) is 4.79 Å². The highest BCUT2D eigenvalue weighted by atomic mass is 32.1. The van der Waals surface area contributed by atoms with Crippen LogP contribution in [-0.2, 0) is 6.54 Å². The van der Waals surface area contributed by atoms with E-state index in [-0.39, 0.29) is 6.54 Å². The van der Waals surface area contributed by atoms with Crippen molar-refractivity contribution in [3.05, 3.63) is 63.5 Å². The third-order valence-corrected chi connectivity index (χ3v) is 3.58. The minimum Gasteiger partial charge on any atom is -0.387 e. The average Bonchev–Trinajstić information content (AvgIpc) is 3.10. The normalized spacial score (nSPS) is 10.3. The first kappa shape index (κ1) is 12.4. The Bertz CT molecular complexity index is 825. The fourth-order valence-electron chi connectivity index (χ4n) is 1.82. The Balaban J connectivity index is 1.92. The van der Waals surface area contributed by atoms with Crippen LogP contribution in [-0.4, -0.2) is 9.78 Å². The van der Waals surface area contributed by atoms with Crippen molar-refractivity contribution in [2.75, 3.05) is 0 Å². The number of benzene rings is 1. The number of aromatic nitrogens is 2. The molecule has 0 bridgehead atoms. The van der Waals surface area contributed by atoms with Gasteiger partial charge < -0.3 is 4.42 Å². The molecule has 0 saturated carbocycles. The van der Waals surface area contributed by atoms with Gasteiger partial charge >= 0.3 is 5.76 Å². The Morgan fingerprint density at radius 1 is 1.35 bits per heavy atom. The predicted molar refractivity (Wildman–Crippen MR) is 74.3 cm³/mol. The quantitative estimate of drug-likeness (QED) is 0.740. The van der Waals surface area contributed by atoms with Gasteiger partial charge in [-0.05, 0) is 29.1 Å². The van der Waals surface area contributed by atoms with Crippen LogP contribution in [0.2, 0.25) is 0 Å². The standard InChI is InChI=1S/C14H9N3O2S/c15-8-10-3-1-4-11(7-10)9-17-14(18)19-13(16-17)12-5-2-6-20-12/h1-7H,9H2. The van der Waals surface area contributed by atoms with Crippen LogP contribution in [0.15, 0.2) is 51.0 Å². The molecule has 3 aromatic rings. The van der Waals surface area contributed by atoms with Crippen molar-refractivity contribution in [2.45, 2.75) is 6.54 Å². The van der Waals surface area contributed by atoms with Gasteiger partial charge in [0.05, 0.1) is 23.1 Å². The van der Waals surface area contributed by atoms with Gasteiger partial charge in [0.2, 0.25) is 0 Å². The van der Waals surface area contributed by atoms with Crippen LogP contribution in [0.25, 0.3) is 10.8 Å². The van der Waals surface area contributed by atoms with Crippen molar-refractivity contribution < 1.29 is 4.42 Å². The van der Waals surface area contributed by atoms with Gasteiger partial charge in [0.1, 0.15) is 0 Å². The van der Waals surface area contributed by atoms with Gasteiger partial charge in [-0.25, -0.2) is 4.79 Å². The van der Waals surface area contributed by atoms with Crippen LogP contribution in [0.5, 0.6) is 0 Å². The van der Waals surface area contributed by atoms with Crippen LogP contribution < -0.4 is 5.76 Å². The number of hydrogen-bond acceptors (Lipinski definition) is 5. The van der Waals surface area contributed by atoms with Crippen LogP contribution in [0.1, 0.15) is 11.1 Å². The average molecular weight is 283 g/mol. The molecule has 0 fully saturated rings. The lowest BCUT2D eigenvalue weighted by molar-refractivity contribution is 0.495. The van der Waals surface area contributed by atoms with Crippen molar-refractivity contribution in [3.63, 3.8) is 0 Å². The summed E-state index contributed by atoms with van der Waals surface area (Å²) in [4.78, 5) is 12.6. The number of nitrogens with zero attached hydrogens (tertiary/aromatic N) is 3. The molecule has 0 aliphatic rings. The fourth-order valence-corrected chi connectivity index (χ4v) is 2.46. The molecule has 0 N–H and O–H groups in total. The van der Waals surface area contributed by atoms with Gasteiger partial charge in [0.15, 0.2) is 0 Å². The summed E-state index contributed by atoms with van der Waals surface area (Å²) in [6, 6.07) is 12.8. The molecule has 2 heterocycles. The van der Waals surface area contributed by atoms with E-state index >= 15 is 0 Å². The van der Waals surface area contributed by atoms with Crippen LogP contribution in [0, 0.1) is 11.3 Å². The molecule has 1 aromatic carbocycles. The van der Waals surface area contributed by atoms with Crippen LogP contribution in [0.3, 0.4) is 0 Å². The molecule has 20 heavy (non-hydrogen) atoms. The Hall–Kier alpha value is -2.65. The second kappa shape index (κ2) is 5.15. The first-order chi connectivity index (χ1) is 9.76. The highest BCUT2D eigenvalue weighted by molar-refractivity contribution is 7.13. The smallest absolute Gasteiger partial charge is 0.387 e. The summed E-state index contributed by atoms with van der Waals surface area (Å²) >= 11 is 1.46. The van der Waals surface area contributed by atoms with Crippen LogP contribution in [0.4, 0.5) is 0 Å². The number of nitriles is 1. The SMILES string of the molecule is N#Cc1cccc(Cn2nc(-c3cccs3)oc2=O)c1. The van der Waals surface area contributed by atoms with E-state index in [1.165, 1.54) is 16.0 Å². The van der Waals surface area contributed by atoms with Gasteiger partial charge in [-0.2, -0.15) is 9.94 Å². The third kappa shape index (κ3) is 2.39. The van der Waals surface area contributed by atoms with Crippen molar-refractivity contribution in [2.24, 2.45) is 0 Å². The van der Waals surface area contributed by atoms with E-state index in [4.69, 9.17) is 9.68 Å². The molecular formula is C14H9N3O2S. The third-order valence-electron chi connectivity index (χ3n) is 2.73. The predicted octanol–water partition coefficient (Wildman–Crippen LogP) is 2.48. The highest BCUT2D eigenvalue weighted by Crippen LogP contribution is 2.21. The minimum atomic E-state index is -0.504. The van der Waals surface area contributed by atoms with Crippen molar-refractivity contribution in [1.82, 2.24) is 9.78 Å². The molecule has 0 atom stereocenters. The zero-order valence-corrected chi connectivity index (χ0v) is 11.1. The topological polar surface area (TPSA) is 71.8 Å². The molecule has 0 saturated heterocycles. The first-order valence-electron chi connectivity index (χ1n) is 5.87. The maximum Gasteiger partial charge on any atom is 0.437 e. The van der Waals surface area contributed by atoms with E-state index in [0.29, 0.717) is 11.5 Å². The minimum absolute atomic E-state index is 0.281. The lowest BCUT2D eigenvalue weighted by Gasteiger charge is -1.99. The largest absolute Gasteiger partial charge is 0.437 e. The number of thiophene rings is 1. The molecule has 0 amide bonds. The molecule has 98 valence electrons. The number of rotatable bonds is 3. The maximum atomic E-state index is 11.8. The molecule has 0 spiro atoms. The van der Waals surface area contributed by atoms with Gasteiger partial charge in [-0.3, -0.25) is 0 Å². The highest BCUT2D eigenvalue weighted by Gasteiger charge is 2.11. The zero-order chi connectivity index (χ0) is 13.9. The molecule has 0 aliphatic heterocycles. The second-order valence-corrected chi connectivity index (χ2v) is 5.07. The van der Waals surface area contributed by atoms with Gasteiger partial charge in [-0.15, -0.1) is 16.4 Å². The summed E-state index contributed by atoms with van der Waals surface area (Å²) in [6.07, 6.45) is 0.